The van der Waals surface area contributed by atoms with E-state index in [2.05, 4.69) is 19.2 Å². The van der Waals surface area contributed by atoms with E-state index in [1.54, 1.807) is 6.07 Å². The van der Waals surface area contributed by atoms with Gasteiger partial charge in [0.05, 0.1) is 0 Å². The lowest BCUT2D eigenvalue weighted by atomic mass is 9.87. The van der Waals surface area contributed by atoms with Crippen LogP contribution in [0.1, 0.15) is 38.7 Å². The molecule has 94 valence electrons. The molecular weight excluding hydrogens is 237 g/mol. The molecule has 1 N–H and O–H groups in total. The molecule has 1 aliphatic rings. The van der Waals surface area contributed by atoms with E-state index < -0.39 is 0 Å². The Balaban J connectivity index is 2.00. The molecule has 1 saturated carbocycles. The lowest BCUT2D eigenvalue weighted by Gasteiger charge is -2.28. The normalized spacial score (nSPS) is 22.9. The molecule has 0 aromatic heterocycles. The Hall–Kier alpha value is -0.600. The van der Waals surface area contributed by atoms with Crippen LogP contribution in [-0.2, 0) is 6.54 Å². The zero-order chi connectivity index (χ0) is 12.5. The van der Waals surface area contributed by atoms with E-state index in [1.807, 2.05) is 0 Å². The number of nitrogens with one attached hydrogen (secondary N) is 1. The molecule has 2 rings (SSSR count). The van der Waals surface area contributed by atoms with Crippen molar-refractivity contribution in [3.8, 4) is 0 Å². The summed E-state index contributed by atoms with van der Waals surface area (Å²) in [6.07, 6.45) is 3.71. The molecule has 1 aliphatic carbocycles. The Morgan fingerprint density at radius 1 is 1.47 bits per heavy atom. The van der Waals surface area contributed by atoms with Crippen molar-refractivity contribution in [3.05, 3.63) is 34.6 Å². The molecule has 17 heavy (non-hydrogen) atoms. The minimum absolute atomic E-state index is 0.225. The molecule has 0 bridgehead atoms. The van der Waals surface area contributed by atoms with Crippen molar-refractivity contribution in [3.63, 3.8) is 0 Å². The van der Waals surface area contributed by atoms with Gasteiger partial charge in [-0.2, -0.15) is 0 Å². The quantitative estimate of drug-likeness (QED) is 0.856. The van der Waals surface area contributed by atoms with Gasteiger partial charge in [-0.05, 0) is 42.0 Å². The van der Waals surface area contributed by atoms with E-state index in [-0.39, 0.29) is 5.82 Å². The number of hydrogen-bond acceptors (Lipinski definition) is 1. The van der Waals surface area contributed by atoms with Gasteiger partial charge in [0.15, 0.2) is 0 Å². The van der Waals surface area contributed by atoms with Gasteiger partial charge in [-0.15, -0.1) is 0 Å². The summed E-state index contributed by atoms with van der Waals surface area (Å²) >= 11 is 6.05. The second-order valence-electron chi connectivity index (χ2n) is 5.55. The van der Waals surface area contributed by atoms with Gasteiger partial charge in [-0.1, -0.05) is 31.9 Å². The van der Waals surface area contributed by atoms with Crippen molar-refractivity contribution in [1.29, 1.82) is 0 Å². The van der Waals surface area contributed by atoms with Crippen molar-refractivity contribution in [2.75, 3.05) is 0 Å². The molecule has 0 amide bonds. The molecule has 0 aliphatic heterocycles. The molecule has 0 spiro atoms. The first-order valence-electron chi connectivity index (χ1n) is 6.16. The summed E-state index contributed by atoms with van der Waals surface area (Å²) in [4.78, 5) is 0. The third-order valence-electron chi connectivity index (χ3n) is 3.80. The van der Waals surface area contributed by atoms with Crippen molar-refractivity contribution in [1.82, 2.24) is 5.32 Å². The maximum Gasteiger partial charge on any atom is 0.123 e. The fraction of sp³-hybridized carbons (Fsp3) is 0.571. The van der Waals surface area contributed by atoms with Crippen molar-refractivity contribution >= 4 is 11.6 Å². The highest BCUT2D eigenvalue weighted by molar-refractivity contribution is 6.31. The Bertz CT molecular complexity index is 403. The van der Waals surface area contributed by atoms with Crippen LogP contribution in [0.3, 0.4) is 0 Å². The van der Waals surface area contributed by atoms with Crippen LogP contribution < -0.4 is 5.32 Å². The van der Waals surface area contributed by atoms with Crippen LogP contribution in [-0.4, -0.2) is 6.04 Å². The van der Waals surface area contributed by atoms with Gasteiger partial charge >= 0.3 is 0 Å². The minimum Gasteiger partial charge on any atom is -0.309 e. The SMILES string of the molecule is CC1(C)CCCC1NCc1cc(F)ccc1Cl. The number of hydrogen-bond donors (Lipinski definition) is 1. The van der Waals surface area contributed by atoms with Gasteiger partial charge in [0.25, 0.3) is 0 Å². The fourth-order valence-electron chi connectivity index (χ4n) is 2.62. The fourth-order valence-corrected chi connectivity index (χ4v) is 2.80. The van der Waals surface area contributed by atoms with Crippen LogP contribution in [0, 0.1) is 11.2 Å². The highest BCUT2D eigenvalue weighted by Gasteiger charge is 2.33. The van der Waals surface area contributed by atoms with Gasteiger partial charge in [-0.3, -0.25) is 0 Å². The zero-order valence-electron chi connectivity index (χ0n) is 10.4. The van der Waals surface area contributed by atoms with Crippen LogP contribution in [0.5, 0.6) is 0 Å². The summed E-state index contributed by atoms with van der Waals surface area (Å²) in [5.74, 6) is -0.225. The summed E-state index contributed by atoms with van der Waals surface area (Å²) < 4.78 is 13.1. The lowest BCUT2D eigenvalue weighted by molar-refractivity contribution is 0.282. The largest absolute Gasteiger partial charge is 0.309 e. The minimum atomic E-state index is -0.225. The molecule has 1 nitrogen and oxygen atoms in total. The number of halogens is 2. The van der Waals surface area contributed by atoms with Gasteiger partial charge in [0.2, 0.25) is 0 Å². The van der Waals surface area contributed by atoms with Crippen LogP contribution in [0.4, 0.5) is 4.39 Å². The Morgan fingerprint density at radius 2 is 2.24 bits per heavy atom. The second-order valence-corrected chi connectivity index (χ2v) is 5.96. The predicted octanol–water partition coefficient (Wildman–Crippen LogP) is 4.15. The Kier molecular flexibility index (Phi) is 3.74. The molecule has 0 saturated heterocycles. The van der Waals surface area contributed by atoms with E-state index in [4.69, 9.17) is 11.6 Å². The molecule has 1 aromatic rings. The van der Waals surface area contributed by atoms with E-state index in [1.165, 1.54) is 31.4 Å². The first-order chi connectivity index (χ1) is 7.99. The van der Waals surface area contributed by atoms with Crippen molar-refractivity contribution in [2.45, 2.75) is 45.7 Å². The number of benzene rings is 1. The van der Waals surface area contributed by atoms with Crippen LogP contribution in [0.15, 0.2) is 18.2 Å². The maximum absolute atomic E-state index is 13.1. The standard InChI is InChI=1S/C14H19ClFN/c1-14(2)7-3-4-13(14)17-9-10-8-11(16)5-6-12(10)15/h5-6,8,13,17H,3-4,7,9H2,1-2H3. The van der Waals surface area contributed by atoms with Gasteiger partial charge in [0.1, 0.15) is 5.82 Å². The Labute approximate surface area is 107 Å². The van der Waals surface area contributed by atoms with E-state index >= 15 is 0 Å². The summed E-state index contributed by atoms with van der Waals surface area (Å²) in [6, 6.07) is 5.03. The summed E-state index contributed by atoms with van der Waals surface area (Å²) in [5.41, 5.74) is 1.18. The molecule has 1 fully saturated rings. The Morgan fingerprint density at radius 3 is 2.88 bits per heavy atom. The number of rotatable bonds is 3. The molecule has 1 aromatic carbocycles. The molecular formula is C14H19ClFN. The first-order valence-corrected chi connectivity index (χ1v) is 6.54. The average molecular weight is 256 g/mol. The molecule has 0 radical (unpaired) electrons. The van der Waals surface area contributed by atoms with E-state index in [9.17, 15) is 4.39 Å². The van der Waals surface area contributed by atoms with Gasteiger partial charge in [0, 0.05) is 17.6 Å². The zero-order valence-corrected chi connectivity index (χ0v) is 11.1. The van der Waals surface area contributed by atoms with Crippen molar-refractivity contribution in [2.24, 2.45) is 5.41 Å². The summed E-state index contributed by atoms with van der Waals surface area (Å²) in [5, 5.41) is 4.14. The van der Waals surface area contributed by atoms with Crippen molar-refractivity contribution < 1.29 is 4.39 Å². The van der Waals surface area contributed by atoms with Crippen LogP contribution >= 0.6 is 11.6 Å². The second kappa shape index (κ2) is 4.95. The van der Waals surface area contributed by atoms with Crippen LogP contribution in [0.25, 0.3) is 0 Å². The van der Waals surface area contributed by atoms with Gasteiger partial charge in [-0.25, -0.2) is 4.39 Å². The summed E-state index contributed by atoms with van der Waals surface area (Å²) in [6.45, 7) is 5.21. The first kappa shape index (κ1) is 12.8. The molecule has 3 heteroatoms. The average Bonchev–Trinajstić information content (AvgIpc) is 2.59. The van der Waals surface area contributed by atoms with E-state index in [0.717, 1.165) is 5.56 Å². The monoisotopic (exact) mass is 255 g/mol. The van der Waals surface area contributed by atoms with E-state index in [0.29, 0.717) is 23.0 Å². The molecule has 1 atom stereocenters. The maximum atomic E-state index is 13.1. The highest BCUT2D eigenvalue weighted by atomic mass is 35.5. The third-order valence-corrected chi connectivity index (χ3v) is 4.17. The smallest absolute Gasteiger partial charge is 0.123 e. The topological polar surface area (TPSA) is 12.0 Å². The third kappa shape index (κ3) is 2.99. The van der Waals surface area contributed by atoms with Gasteiger partial charge < -0.3 is 5.32 Å². The van der Waals surface area contributed by atoms with Crippen LogP contribution in [0.2, 0.25) is 5.02 Å². The lowest BCUT2D eigenvalue weighted by Crippen LogP contribution is -2.37. The molecule has 0 heterocycles. The predicted molar refractivity (Wildman–Crippen MR) is 69.7 cm³/mol. The molecule has 1 unspecified atom stereocenters. The summed E-state index contributed by atoms with van der Waals surface area (Å²) in [7, 11) is 0. The highest BCUT2D eigenvalue weighted by Crippen LogP contribution is 2.37.